The summed E-state index contributed by atoms with van der Waals surface area (Å²) < 4.78 is 2.03. The first-order chi connectivity index (χ1) is 10.2. The number of aromatic nitrogens is 2. The lowest BCUT2D eigenvalue weighted by atomic mass is 10.2. The van der Waals surface area contributed by atoms with Crippen LogP contribution in [0.2, 0.25) is 0 Å². The Kier molecular flexibility index (Phi) is 4.22. The molecule has 2 heterocycles. The van der Waals surface area contributed by atoms with Crippen LogP contribution in [0.1, 0.15) is 18.2 Å². The van der Waals surface area contributed by atoms with Gasteiger partial charge in [0.05, 0.1) is 5.69 Å². The number of allylic oxidation sites excluding steroid dienone is 1. The van der Waals surface area contributed by atoms with Gasteiger partial charge in [0.15, 0.2) is 10.7 Å². The second-order valence-corrected chi connectivity index (χ2v) is 6.41. The molecule has 0 bridgehead atoms. The molecule has 0 fully saturated rings. The van der Waals surface area contributed by atoms with E-state index in [1.54, 1.807) is 36.1 Å². The second-order valence-electron chi connectivity index (χ2n) is 4.58. The van der Waals surface area contributed by atoms with Gasteiger partial charge in [-0.15, -0.1) is 11.3 Å². The highest BCUT2D eigenvalue weighted by Gasteiger charge is 2.11. The molecule has 3 aromatic rings. The van der Waals surface area contributed by atoms with Gasteiger partial charge in [-0.25, -0.2) is 4.98 Å². The molecule has 0 N–H and O–H groups in total. The molecule has 3 rings (SSSR count). The molecule has 0 spiro atoms. The number of carbonyl (C=O) groups excluding carboxylic acids is 1. The summed E-state index contributed by atoms with van der Waals surface area (Å²) >= 11 is 3.29. The van der Waals surface area contributed by atoms with E-state index in [1.807, 2.05) is 40.3 Å². The lowest BCUT2D eigenvalue weighted by Crippen LogP contribution is -1.87. The molecule has 0 aliphatic heterocycles. The van der Waals surface area contributed by atoms with E-state index in [1.165, 1.54) is 5.56 Å². The molecule has 3 nitrogen and oxygen atoms in total. The average Bonchev–Trinajstić information content (AvgIpc) is 3.05. The molecule has 106 valence electrons. The van der Waals surface area contributed by atoms with E-state index in [0.29, 0.717) is 0 Å². The number of carbonyl (C=O) groups is 1. The van der Waals surface area contributed by atoms with Crippen LogP contribution in [0, 0.1) is 0 Å². The molecular weight excluding hydrogens is 300 g/mol. The molecule has 0 unspecified atom stereocenters. The van der Waals surface area contributed by atoms with E-state index in [4.69, 9.17) is 0 Å². The smallest absolute Gasteiger partial charge is 0.195 e. The molecule has 0 atom stereocenters. The third-order valence-electron chi connectivity index (χ3n) is 2.96. The normalized spacial score (nSPS) is 11.5. The van der Waals surface area contributed by atoms with Crippen LogP contribution in [0.25, 0.3) is 11.0 Å². The van der Waals surface area contributed by atoms with Crippen molar-refractivity contribution in [3.63, 3.8) is 0 Å². The highest BCUT2D eigenvalue weighted by molar-refractivity contribution is 7.98. The number of thioether (sulfide) groups is 1. The number of ketones is 1. The number of hydrogen-bond acceptors (Lipinski definition) is 4. The summed E-state index contributed by atoms with van der Waals surface area (Å²) in [6.07, 6.45) is 5.43. The Labute approximate surface area is 131 Å². The van der Waals surface area contributed by atoms with Crippen LogP contribution in [0.3, 0.4) is 0 Å². The number of fused-ring (bicyclic) bond motifs is 1. The molecule has 1 aromatic carbocycles. The third-order valence-corrected chi connectivity index (χ3v) is 4.77. The zero-order chi connectivity index (χ0) is 14.7. The molecule has 0 aliphatic carbocycles. The minimum Gasteiger partial charge on any atom is -0.295 e. The van der Waals surface area contributed by atoms with E-state index in [0.717, 1.165) is 21.4 Å². The Morgan fingerprint density at radius 2 is 2.19 bits per heavy atom. The lowest BCUT2D eigenvalue weighted by molar-refractivity contribution is -0.112. The Balaban J connectivity index is 1.88. The molecule has 21 heavy (non-hydrogen) atoms. The number of imidazole rings is 1. The van der Waals surface area contributed by atoms with Gasteiger partial charge in [0, 0.05) is 17.3 Å². The highest BCUT2D eigenvalue weighted by atomic mass is 32.2. The summed E-state index contributed by atoms with van der Waals surface area (Å²) in [7, 11) is 0. The first kappa shape index (κ1) is 14.1. The van der Waals surface area contributed by atoms with Gasteiger partial charge < -0.3 is 0 Å². The van der Waals surface area contributed by atoms with Crippen molar-refractivity contribution in [3.05, 3.63) is 59.2 Å². The van der Waals surface area contributed by atoms with Crippen LogP contribution in [0.4, 0.5) is 0 Å². The molecule has 0 amide bonds. The van der Waals surface area contributed by atoms with Gasteiger partial charge in [-0.1, -0.05) is 42.1 Å². The molecule has 0 aliphatic rings. The fourth-order valence-corrected chi connectivity index (χ4v) is 3.70. The predicted octanol–water partition coefficient (Wildman–Crippen LogP) is 4.29. The van der Waals surface area contributed by atoms with Crippen LogP contribution in [-0.4, -0.2) is 15.2 Å². The molecule has 0 saturated carbocycles. The van der Waals surface area contributed by atoms with Crippen molar-refractivity contribution < 1.29 is 4.79 Å². The van der Waals surface area contributed by atoms with Crippen LogP contribution in [0.15, 0.2) is 53.0 Å². The molecule has 2 aromatic heterocycles. The monoisotopic (exact) mass is 314 g/mol. The Morgan fingerprint density at radius 3 is 2.95 bits per heavy atom. The molecule has 0 saturated heterocycles. The molecule has 5 heteroatoms. The quantitative estimate of drug-likeness (QED) is 0.520. The number of thiazole rings is 1. The van der Waals surface area contributed by atoms with Crippen LogP contribution in [0.5, 0.6) is 0 Å². The maximum absolute atomic E-state index is 11.2. The van der Waals surface area contributed by atoms with Gasteiger partial charge in [0.2, 0.25) is 0 Å². The largest absolute Gasteiger partial charge is 0.295 e. The van der Waals surface area contributed by atoms with Crippen LogP contribution < -0.4 is 0 Å². The van der Waals surface area contributed by atoms with E-state index in [9.17, 15) is 4.79 Å². The van der Waals surface area contributed by atoms with Crippen molar-refractivity contribution in [2.45, 2.75) is 17.7 Å². The van der Waals surface area contributed by atoms with Crippen molar-refractivity contribution in [1.29, 1.82) is 0 Å². The number of nitrogens with zero attached hydrogens (tertiary/aromatic N) is 2. The maximum Gasteiger partial charge on any atom is 0.195 e. The van der Waals surface area contributed by atoms with Crippen molar-refractivity contribution in [2.75, 3.05) is 0 Å². The first-order valence-electron chi connectivity index (χ1n) is 6.55. The Bertz CT molecular complexity index is 787. The average molecular weight is 314 g/mol. The topological polar surface area (TPSA) is 34.4 Å². The molecular formula is C16H14N2OS2. The number of benzene rings is 1. The van der Waals surface area contributed by atoms with Crippen molar-refractivity contribution in [2.24, 2.45) is 0 Å². The van der Waals surface area contributed by atoms with Gasteiger partial charge in [0.25, 0.3) is 0 Å². The summed E-state index contributed by atoms with van der Waals surface area (Å²) in [6, 6.07) is 10.3. The van der Waals surface area contributed by atoms with Gasteiger partial charge in [-0.3, -0.25) is 9.20 Å². The van der Waals surface area contributed by atoms with E-state index >= 15 is 0 Å². The number of rotatable bonds is 5. The summed E-state index contributed by atoms with van der Waals surface area (Å²) in [5.74, 6) is 0.909. The van der Waals surface area contributed by atoms with Crippen LogP contribution >= 0.6 is 23.1 Å². The Morgan fingerprint density at radius 1 is 1.38 bits per heavy atom. The summed E-state index contributed by atoms with van der Waals surface area (Å²) in [5, 5.41) is 2.96. The standard InChI is InChI=1S/C16H14N2OS2/c1-12(19)7-8-14-15(17-16-18(14)9-10-20-16)21-11-13-5-3-2-4-6-13/h2-10H,11H2,1H3. The van der Waals surface area contributed by atoms with Gasteiger partial charge in [-0.05, 0) is 24.6 Å². The fraction of sp³-hybridized carbons (Fsp3) is 0.125. The highest BCUT2D eigenvalue weighted by Crippen LogP contribution is 2.29. The van der Waals surface area contributed by atoms with E-state index in [2.05, 4.69) is 17.1 Å². The number of hydrogen-bond donors (Lipinski definition) is 0. The van der Waals surface area contributed by atoms with E-state index in [-0.39, 0.29) is 5.78 Å². The second kappa shape index (κ2) is 6.28. The molecule has 0 radical (unpaired) electrons. The first-order valence-corrected chi connectivity index (χ1v) is 8.41. The zero-order valence-electron chi connectivity index (χ0n) is 11.5. The summed E-state index contributed by atoms with van der Waals surface area (Å²) in [4.78, 5) is 16.8. The summed E-state index contributed by atoms with van der Waals surface area (Å²) in [5.41, 5.74) is 2.24. The third kappa shape index (κ3) is 3.25. The van der Waals surface area contributed by atoms with Crippen molar-refractivity contribution >= 4 is 39.9 Å². The van der Waals surface area contributed by atoms with Gasteiger partial charge >= 0.3 is 0 Å². The predicted molar refractivity (Wildman–Crippen MR) is 88.8 cm³/mol. The minimum absolute atomic E-state index is 0.0409. The Hall–Kier alpha value is -1.85. The van der Waals surface area contributed by atoms with Crippen molar-refractivity contribution in [3.8, 4) is 0 Å². The summed E-state index contributed by atoms with van der Waals surface area (Å²) in [6.45, 7) is 1.55. The van der Waals surface area contributed by atoms with Gasteiger partial charge in [-0.2, -0.15) is 0 Å². The van der Waals surface area contributed by atoms with Crippen molar-refractivity contribution in [1.82, 2.24) is 9.38 Å². The zero-order valence-corrected chi connectivity index (χ0v) is 13.2. The minimum atomic E-state index is 0.0409. The fourth-order valence-electron chi connectivity index (χ4n) is 1.96. The maximum atomic E-state index is 11.2. The SMILES string of the molecule is CC(=O)C=Cc1c(SCc2ccccc2)nc2sccn12. The van der Waals surface area contributed by atoms with Crippen LogP contribution in [-0.2, 0) is 10.5 Å². The van der Waals surface area contributed by atoms with Gasteiger partial charge in [0.1, 0.15) is 5.03 Å². The lowest BCUT2D eigenvalue weighted by Gasteiger charge is -2.00. The van der Waals surface area contributed by atoms with E-state index < -0.39 is 0 Å².